The van der Waals surface area contributed by atoms with Gasteiger partial charge in [-0.2, -0.15) is 0 Å². The second kappa shape index (κ2) is 7.93. The molecule has 2 rings (SSSR count). The van der Waals surface area contributed by atoms with E-state index in [-0.39, 0.29) is 11.6 Å². The first-order valence-corrected chi connectivity index (χ1v) is 7.67. The molecule has 0 heterocycles. The highest BCUT2D eigenvalue weighted by molar-refractivity contribution is 6.48. The molecule has 134 valence electrons. The van der Waals surface area contributed by atoms with Gasteiger partial charge in [0.1, 0.15) is 0 Å². The number of carbonyl (C=O) groups excluding carboxylic acids is 4. The predicted molar refractivity (Wildman–Crippen MR) is 98.4 cm³/mol. The van der Waals surface area contributed by atoms with Crippen molar-refractivity contribution in [3.63, 3.8) is 0 Å². The van der Waals surface area contributed by atoms with E-state index in [2.05, 4.69) is 10.6 Å². The molecule has 2 aromatic rings. The summed E-state index contributed by atoms with van der Waals surface area (Å²) in [6, 6.07) is 12.3. The van der Waals surface area contributed by atoms with Crippen LogP contribution >= 0.6 is 0 Å². The topological polar surface area (TPSA) is 122 Å². The lowest BCUT2D eigenvalue weighted by atomic mass is 10.2. The Labute approximate surface area is 150 Å². The summed E-state index contributed by atoms with van der Waals surface area (Å²) in [4.78, 5) is 48.4. The number of hydrogen-bond acceptors (Lipinski definition) is 5. The largest absolute Gasteiger partial charge is 0.399 e. The van der Waals surface area contributed by atoms with E-state index >= 15 is 0 Å². The van der Waals surface area contributed by atoms with E-state index in [1.54, 1.807) is 18.2 Å². The van der Waals surface area contributed by atoms with Gasteiger partial charge in [-0.25, -0.2) is 4.90 Å². The van der Waals surface area contributed by atoms with Crippen molar-refractivity contribution in [3.8, 4) is 0 Å². The van der Waals surface area contributed by atoms with Crippen molar-refractivity contribution in [1.29, 1.82) is 0 Å². The van der Waals surface area contributed by atoms with Crippen LogP contribution in [0.1, 0.15) is 13.8 Å². The Morgan fingerprint density at radius 2 is 1.46 bits per heavy atom. The third-order valence-corrected chi connectivity index (χ3v) is 3.30. The van der Waals surface area contributed by atoms with Crippen molar-refractivity contribution >= 4 is 46.4 Å². The highest BCUT2D eigenvalue weighted by Crippen LogP contribution is 2.19. The van der Waals surface area contributed by atoms with Gasteiger partial charge in [-0.05, 0) is 42.5 Å². The lowest BCUT2D eigenvalue weighted by Gasteiger charge is -2.19. The lowest BCUT2D eigenvalue weighted by Crippen LogP contribution is -2.42. The molecule has 0 atom stereocenters. The third-order valence-electron chi connectivity index (χ3n) is 3.30. The molecule has 4 amide bonds. The molecule has 0 aliphatic rings. The van der Waals surface area contributed by atoms with Crippen molar-refractivity contribution < 1.29 is 19.2 Å². The van der Waals surface area contributed by atoms with Gasteiger partial charge in [-0.3, -0.25) is 19.2 Å². The molecular formula is C18H18N4O4. The van der Waals surface area contributed by atoms with Crippen LogP contribution in [0, 0.1) is 0 Å². The predicted octanol–water partition coefficient (Wildman–Crippen LogP) is 1.75. The zero-order valence-corrected chi connectivity index (χ0v) is 14.3. The number of anilines is 4. The quantitative estimate of drug-likeness (QED) is 0.572. The highest BCUT2D eigenvalue weighted by Gasteiger charge is 2.26. The molecule has 0 aromatic heterocycles. The Morgan fingerprint density at radius 3 is 2.00 bits per heavy atom. The van der Waals surface area contributed by atoms with Crippen LogP contribution in [0.25, 0.3) is 0 Å². The third kappa shape index (κ3) is 4.67. The average molecular weight is 354 g/mol. The number of rotatable bonds is 3. The molecular weight excluding hydrogens is 336 g/mol. The normalized spacial score (nSPS) is 9.92. The van der Waals surface area contributed by atoms with Crippen LogP contribution in [0.3, 0.4) is 0 Å². The molecule has 26 heavy (non-hydrogen) atoms. The van der Waals surface area contributed by atoms with Crippen molar-refractivity contribution in [2.45, 2.75) is 13.8 Å². The summed E-state index contributed by atoms with van der Waals surface area (Å²) >= 11 is 0. The number of imide groups is 1. The molecule has 8 heteroatoms. The van der Waals surface area contributed by atoms with Crippen LogP contribution < -0.4 is 21.3 Å². The van der Waals surface area contributed by atoms with E-state index in [1.165, 1.54) is 44.2 Å². The number of nitrogens with zero attached hydrogens (tertiary/aromatic N) is 1. The summed E-state index contributed by atoms with van der Waals surface area (Å²) in [5.41, 5.74) is 7.05. The molecule has 0 aliphatic carbocycles. The number of amides is 4. The SMILES string of the molecule is CC(=O)Nc1cccc(NC(=O)C(=O)N(C(C)=O)c2ccc(N)cc2)c1. The monoisotopic (exact) mass is 354 g/mol. The van der Waals surface area contributed by atoms with Gasteiger partial charge < -0.3 is 16.4 Å². The van der Waals surface area contributed by atoms with E-state index in [0.717, 1.165) is 4.90 Å². The maximum atomic E-state index is 12.4. The van der Waals surface area contributed by atoms with Crippen LogP contribution in [0.2, 0.25) is 0 Å². The van der Waals surface area contributed by atoms with E-state index in [9.17, 15) is 19.2 Å². The van der Waals surface area contributed by atoms with Crippen LogP contribution in [0.5, 0.6) is 0 Å². The van der Waals surface area contributed by atoms with Gasteiger partial charge in [0, 0.05) is 30.9 Å². The molecule has 2 aromatic carbocycles. The fraction of sp³-hybridized carbons (Fsp3) is 0.111. The van der Waals surface area contributed by atoms with Gasteiger partial charge in [-0.15, -0.1) is 0 Å². The first-order chi connectivity index (χ1) is 12.3. The number of hydrogen-bond donors (Lipinski definition) is 3. The Morgan fingerprint density at radius 1 is 0.885 bits per heavy atom. The van der Waals surface area contributed by atoms with Crippen molar-refractivity contribution in [2.75, 3.05) is 21.3 Å². The Balaban J connectivity index is 2.19. The maximum absolute atomic E-state index is 12.4. The molecule has 0 unspecified atom stereocenters. The summed E-state index contributed by atoms with van der Waals surface area (Å²) in [5, 5.41) is 4.98. The maximum Gasteiger partial charge on any atom is 0.323 e. The Hall–Kier alpha value is -3.68. The van der Waals surface area contributed by atoms with Crippen molar-refractivity contribution in [1.82, 2.24) is 0 Å². The lowest BCUT2D eigenvalue weighted by molar-refractivity contribution is -0.136. The minimum absolute atomic E-state index is 0.235. The highest BCUT2D eigenvalue weighted by atomic mass is 16.2. The van der Waals surface area contributed by atoms with Gasteiger partial charge in [0.25, 0.3) is 0 Å². The van der Waals surface area contributed by atoms with Gasteiger partial charge >= 0.3 is 11.8 Å². The summed E-state index contributed by atoms with van der Waals surface area (Å²) < 4.78 is 0. The summed E-state index contributed by atoms with van der Waals surface area (Å²) in [6.07, 6.45) is 0. The van der Waals surface area contributed by atoms with E-state index in [4.69, 9.17) is 5.73 Å². The van der Waals surface area contributed by atoms with E-state index in [0.29, 0.717) is 17.1 Å². The second-order valence-corrected chi connectivity index (χ2v) is 5.47. The fourth-order valence-electron chi connectivity index (χ4n) is 2.23. The van der Waals surface area contributed by atoms with E-state index in [1.807, 2.05) is 0 Å². The van der Waals surface area contributed by atoms with Crippen LogP contribution in [-0.4, -0.2) is 23.6 Å². The van der Waals surface area contributed by atoms with E-state index < -0.39 is 17.7 Å². The molecule has 0 saturated heterocycles. The molecule has 4 N–H and O–H groups in total. The minimum Gasteiger partial charge on any atom is -0.399 e. The Bertz CT molecular complexity index is 862. The van der Waals surface area contributed by atoms with Gasteiger partial charge in [-0.1, -0.05) is 6.07 Å². The zero-order chi connectivity index (χ0) is 19.3. The van der Waals surface area contributed by atoms with Crippen molar-refractivity contribution in [2.24, 2.45) is 0 Å². The molecule has 0 aliphatic heterocycles. The fourth-order valence-corrected chi connectivity index (χ4v) is 2.23. The first kappa shape index (κ1) is 18.7. The molecule has 0 bridgehead atoms. The molecule has 0 fully saturated rings. The zero-order valence-electron chi connectivity index (χ0n) is 14.3. The van der Waals surface area contributed by atoms with Crippen molar-refractivity contribution in [3.05, 3.63) is 48.5 Å². The molecule has 8 nitrogen and oxygen atoms in total. The Kier molecular flexibility index (Phi) is 5.69. The standard InChI is InChI=1S/C18H18N4O4/c1-11(23)20-14-4-3-5-15(10-14)21-17(25)18(26)22(12(2)24)16-8-6-13(19)7-9-16/h3-10H,19H2,1-2H3,(H,20,23)(H,21,25). The second-order valence-electron chi connectivity index (χ2n) is 5.47. The van der Waals surface area contributed by atoms with Crippen LogP contribution in [0.15, 0.2) is 48.5 Å². The smallest absolute Gasteiger partial charge is 0.323 e. The number of carbonyl (C=O) groups is 4. The summed E-state index contributed by atoms with van der Waals surface area (Å²) in [5.74, 6) is -2.90. The number of nitrogens with two attached hydrogens (primary N) is 1. The molecule has 0 spiro atoms. The molecule has 0 saturated carbocycles. The minimum atomic E-state index is -1.03. The van der Waals surface area contributed by atoms with Crippen LogP contribution in [0.4, 0.5) is 22.7 Å². The number of benzene rings is 2. The number of nitrogens with one attached hydrogen (secondary N) is 2. The average Bonchev–Trinajstić information content (AvgIpc) is 2.56. The summed E-state index contributed by atoms with van der Waals surface area (Å²) in [7, 11) is 0. The van der Waals surface area contributed by atoms with Gasteiger partial charge in [0.05, 0.1) is 5.69 Å². The molecule has 0 radical (unpaired) electrons. The van der Waals surface area contributed by atoms with Crippen LogP contribution in [-0.2, 0) is 19.2 Å². The first-order valence-electron chi connectivity index (χ1n) is 7.67. The summed E-state index contributed by atoms with van der Waals surface area (Å²) in [6.45, 7) is 2.53. The number of nitrogen functional groups attached to an aromatic ring is 1. The van der Waals surface area contributed by atoms with Gasteiger partial charge in [0.15, 0.2) is 0 Å². The van der Waals surface area contributed by atoms with Gasteiger partial charge in [0.2, 0.25) is 11.8 Å².